The monoisotopic (exact) mass is 145 g/mol. The SMILES string of the molecule is CNC1C=CC=C(F)C1F. The van der Waals surface area contributed by atoms with Crippen LogP contribution in [0.25, 0.3) is 0 Å². The van der Waals surface area contributed by atoms with Crippen LogP contribution in [0.2, 0.25) is 0 Å². The van der Waals surface area contributed by atoms with E-state index < -0.39 is 18.0 Å². The second-order valence-corrected chi connectivity index (χ2v) is 2.15. The van der Waals surface area contributed by atoms with Crippen LogP contribution in [0.4, 0.5) is 8.78 Å². The van der Waals surface area contributed by atoms with Crippen molar-refractivity contribution in [3.05, 3.63) is 24.1 Å². The topological polar surface area (TPSA) is 12.0 Å². The summed E-state index contributed by atoms with van der Waals surface area (Å²) in [4.78, 5) is 0. The second-order valence-electron chi connectivity index (χ2n) is 2.15. The highest BCUT2D eigenvalue weighted by molar-refractivity contribution is 5.22. The van der Waals surface area contributed by atoms with Gasteiger partial charge in [-0.1, -0.05) is 12.2 Å². The minimum Gasteiger partial charge on any atom is -0.311 e. The van der Waals surface area contributed by atoms with E-state index in [1.807, 2.05) is 0 Å². The first-order valence-corrected chi connectivity index (χ1v) is 3.11. The number of hydrogen-bond donors (Lipinski definition) is 1. The van der Waals surface area contributed by atoms with Gasteiger partial charge in [0.1, 0.15) is 5.83 Å². The number of rotatable bonds is 1. The first-order chi connectivity index (χ1) is 4.75. The highest BCUT2D eigenvalue weighted by atomic mass is 19.2. The van der Waals surface area contributed by atoms with Crippen LogP contribution < -0.4 is 5.32 Å². The fourth-order valence-electron chi connectivity index (χ4n) is 0.871. The molecule has 0 aromatic rings. The van der Waals surface area contributed by atoms with Crippen molar-refractivity contribution in [1.82, 2.24) is 5.32 Å². The zero-order chi connectivity index (χ0) is 7.56. The van der Waals surface area contributed by atoms with Gasteiger partial charge >= 0.3 is 0 Å². The largest absolute Gasteiger partial charge is 0.311 e. The summed E-state index contributed by atoms with van der Waals surface area (Å²) in [5, 5.41) is 2.64. The van der Waals surface area contributed by atoms with Gasteiger partial charge in [0.05, 0.1) is 6.04 Å². The van der Waals surface area contributed by atoms with Crippen molar-refractivity contribution in [2.75, 3.05) is 7.05 Å². The smallest absolute Gasteiger partial charge is 0.170 e. The average molecular weight is 145 g/mol. The zero-order valence-corrected chi connectivity index (χ0v) is 5.64. The molecule has 1 aliphatic carbocycles. The molecule has 0 saturated heterocycles. The van der Waals surface area contributed by atoms with Crippen molar-refractivity contribution in [1.29, 1.82) is 0 Å². The molecule has 0 spiro atoms. The van der Waals surface area contributed by atoms with Crippen LogP contribution >= 0.6 is 0 Å². The van der Waals surface area contributed by atoms with E-state index in [0.717, 1.165) is 6.08 Å². The molecule has 0 aromatic heterocycles. The molecular weight excluding hydrogens is 136 g/mol. The Morgan fingerprint density at radius 3 is 2.80 bits per heavy atom. The van der Waals surface area contributed by atoms with E-state index in [-0.39, 0.29) is 0 Å². The standard InChI is InChI=1S/C7H9F2N/c1-10-6-4-2-3-5(8)7(6)9/h2-4,6-7,10H,1H3. The summed E-state index contributed by atoms with van der Waals surface area (Å²) in [7, 11) is 1.60. The summed E-state index contributed by atoms with van der Waals surface area (Å²) >= 11 is 0. The molecule has 0 saturated carbocycles. The maximum absolute atomic E-state index is 12.7. The lowest BCUT2D eigenvalue weighted by Gasteiger charge is -2.17. The fourth-order valence-corrected chi connectivity index (χ4v) is 0.871. The van der Waals surface area contributed by atoms with Gasteiger partial charge in [-0.25, -0.2) is 8.78 Å². The maximum Gasteiger partial charge on any atom is 0.170 e. The zero-order valence-electron chi connectivity index (χ0n) is 5.64. The third-order valence-electron chi connectivity index (χ3n) is 1.49. The maximum atomic E-state index is 12.7. The molecule has 2 atom stereocenters. The Kier molecular flexibility index (Phi) is 2.17. The molecule has 1 N–H and O–H groups in total. The Hall–Kier alpha value is -0.700. The lowest BCUT2D eigenvalue weighted by molar-refractivity contribution is 0.281. The van der Waals surface area contributed by atoms with Gasteiger partial charge in [0, 0.05) is 0 Å². The Labute approximate surface area is 58.4 Å². The van der Waals surface area contributed by atoms with Crippen LogP contribution in [-0.2, 0) is 0 Å². The van der Waals surface area contributed by atoms with Gasteiger partial charge in [0.15, 0.2) is 6.17 Å². The minimum absolute atomic E-state index is 0.509. The van der Waals surface area contributed by atoms with Crippen molar-refractivity contribution >= 4 is 0 Å². The molecule has 1 nitrogen and oxygen atoms in total. The Morgan fingerprint density at radius 2 is 2.30 bits per heavy atom. The fraction of sp³-hybridized carbons (Fsp3) is 0.429. The van der Waals surface area contributed by atoms with Crippen molar-refractivity contribution in [2.45, 2.75) is 12.2 Å². The van der Waals surface area contributed by atoms with Crippen molar-refractivity contribution in [2.24, 2.45) is 0 Å². The predicted molar refractivity (Wildman–Crippen MR) is 36.1 cm³/mol. The van der Waals surface area contributed by atoms with Gasteiger partial charge in [-0.05, 0) is 13.1 Å². The number of nitrogens with one attached hydrogen (secondary N) is 1. The molecule has 0 aliphatic heterocycles. The molecule has 10 heavy (non-hydrogen) atoms. The molecular formula is C7H9F2N. The number of hydrogen-bond acceptors (Lipinski definition) is 1. The molecule has 0 radical (unpaired) electrons. The number of likely N-dealkylation sites (N-methyl/N-ethyl adjacent to an activating group) is 1. The molecule has 1 rings (SSSR count). The first kappa shape index (κ1) is 7.41. The quantitative estimate of drug-likeness (QED) is 0.587. The van der Waals surface area contributed by atoms with Crippen LogP contribution in [0.3, 0.4) is 0 Å². The third-order valence-corrected chi connectivity index (χ3v) is 1.49. The molecule has 0 heterocycles. The Balaban J connectivity index is 2.68. The molecule has 2 unspecified atom stereocenters. The molecule has 3 heteroatoms. The Bertz CT molecular complexity index is 174. The normalized spacial score (nSPS) is 32.1. The van der Waals surface area contributed by atoms with Crippen molar-refractivity contribution in [3.8, 4) is 0 Å². The summed E-state index contributed by atoms with van der Waals surface area (Å²) in [6, 6.07) is -0.509. The average Bonchev–Trinajstić information content (AvgIpc) is 1.95. The second kappa shape index (κ2) is 2.92. The third kappa shape index (κ3) is 1.24. The molecule has 0 aromatic carbocycles. The first-order valence-electron chi connectivity index (χ1n) is 3.11. The predicted octanol–water partition coefficient (Wildman–Crippen LogP) is 1.34. The summed E-state index contributed by atoms with van der Waals surface area (Å²) in [6.07, 6.45) is 2.72. The van der Waals surface area contributed by atoms with E-state index in [1.165, 1.54) is 6.08 Å². The lowest BCUT2D eigenvalue weighted by atomic mass is 10.1. The van der Waals surface area contributed by atoms with Crippen LogP contribution in [0.15, 0.2) is 24.1 Å². The lowest BCUT2D eigenvalue weighted by Crippen LogP contribution is -2.34. The van der Waals surface area contributed by atoms with Crippen LogP contribution in [0.5, 0.6) is 0 Å². The van der Waals surface area contributed by atoms with Gasteiger partial charge in [0.2, 0.25) is 0 Å². The summed E-state index contributed by atoms with van der Waals surface area (Å²) in [5.41, 5.74) is 0. The number of allylic oxidation sites excluding steroid dienone is 2. The van der Waals surface area contributed by atoms with E-state index in [2.05, 4.69) is 5.32 Å². The van der Waals surface area contributed by atoms with Crippen LogP contribution in [0.1, 0.15) is 0 Å². The highest BCUT2D eigenvalue weighted by Gasteiger charge is 2.23. The number of halogens is 2. The van der Waals surface area contributed by atoms with Gasteiger partial charge in [-0.3, -0.25) is 0 Å². The van der Waals surface area contributed by atoms with E-state index in [4.69, 9.17) is 0 Å². The Morgan fingerprint density at radius 1 is 1.60 bits per heavy atom. The minimum atomic E-state index is -1.52. The molecule has 0 fully saturated rings. The molecule has 1 aliphatic rings. The molecule has 0 amide bonds. The highest BCUT2D eigenvalue weighted by Crippen LogP contribution is 2.17. The van der Waals surface area contributed by atoms with E-state index in [9.17, 15) is 8.78 Å². The van der Waals surface area contributed by atoms with E-state index in [0.29, 0.717) is 0 Å². The van der Waals surface area contributed by atoms with Gasteiger partial charge in [-0.2, -0.15) is 0 Å². The molecule has 0 bridgehead atoms. The number of alkyl halides is 1. The van der Waals surface area contributed by atoms with Gasteiger partial charge in [-0.15, -0.1) is 0 Å². The summed E-state index contributed by atoms with van der Waals surface area (Å²) < 4.78 is 25.1. The molecule has 56 valence electrons. The van der Waals surface area contributed by atoms with E-state index >= 15 is 0 Å². The van der Waals surface area contributed by atoms with Gasteiger partial charge < -0.3 is 5.32 Å². The van der Waals surface area contributed by atoms with Crippen LogP contribution in [0, 0.1) is 0 Å². The van der Waals surface area contributed by atoms with Gasteiger partial charge in [0.25, 0.3) is 0 Å². The van der Waals surface area contributed by atoms with Crippen molar-refractivity contribution < 1.29 is 8.78 Å². The van der Waals surface area contributed by atoms with E-state index in [1.54, 1.807) is 13.1 Å². The summed E-state index contributed by atoms with van der Waals surface area (Å²) in [5.74, 6) is -0.707. The summed E-state index contributed by atoms with van der Waals surface area (Å²) in [6.45, 7) is 0. The van der Waals surface area contributed by atoms with Crippen molar-refractivity contribution in [3.63, 3.8) is 0 Å². The van der Waals surface area contributed by atoms with Crippen LogP contribution in [-0.4, -0.2) is 19.3 Å².